The van der Waals surface area contributed by atoms with E-state index >= 15 is 0 Å². The molecule has 5 heteroatoms. The Balaban J connectivity index is 1.49. The Morgan fingerprint density at radius 2 is 1.44 bits per heavy atom. The van der Waals surface area contributed by atoms with Gasteiger partial charge in [0.25, 0.3) is 0 Å². The Labute approximate surface area is 183 Å². The molecule has 0 radical (unpaired) electrons. The summed E-state index contributed by atoms with van der Waals surface area (Å²) in [4.78, 5) is 0. The average molecular weight is 434 g/mol. The average Bonchev–Trinajstić information content (AvgIpc) is 2.78. The summed E-state index contributed by atoms with van der Waals surface area (Å²) in [6, 6.07) is 16.6. The molecule has 0 aromatic heterocycles. The van der Waals surface area contributed by atoms with Crippen molar-refractivity contribution >= 4 is 10.8 Å². The van der Waals surface area contributed by atoms with Crippen LogP contribution in [0.15, 0.2) is 66.7 Å². The van der Waals surface area contributed by atoms with Crippen molar-refractivity contribution in [3.05, 3.63) is 112 Å². The smallest absolute Gasteiger partial charge is 0.159 e. The van der Waals surface area contributed by atoms with Crippen molar-refractivity contribution in [1.82, 2.24) is 0 Å². The number of hydrogen-bond donors (Lipinski definition) is 0. The maximum Gasteiger partial charge on any atom is 0.159 e. The van der Waals surface area contributed by atoms with Crippen LogP contribution >= 0.6 is 0 Å². The Morgan fingerprint density at radius 3 is 2.16 bits per heavy atom. The molecule has 4 aromatic rings. The lowest BCUT2D eigenvalue weighted by Crippen LogP contribution is -1.97. The second-order valence-electron chi connectivity index (χ2n) is 7.35. The summed E-state index contributed by atoms with van der Waals surface area (Å²) in [6.45, 7) is 0. The predicted octanol–water partition coefficient (Wildman–Crippen LogP) is 6.59. The number of methoxy groups -OCH3 is 1. The van der Waals surface area contributed by atoms with E-state index in [2.05, 4.69) is 11.8 Å². The molecule has 0 bridgehead atoms. The summed E-state index contributed by atoms with van der Waals surface area (Å²) in [5, 5.41) is 1.07. The van der Waals surface area contributed by atoms with Crippen LogP contribution in [0.5, 0.6) is 5.75 Å². The lowest BCUT2D eigenvalue weighted by molar-refractivity contribution is 0.410. The van der Waals surface area contributed by atoms with E-state index < -0.39 is 17.5 Å². The summed E-state index contributed by atoms with van der Waals surface area (Å²) >= 11 is 0. The lowest BCUT2D eigenvalue weighted by Gasteiger charge is -2.06. The van der Waals surface area contributed by atoms with Crippen LogP contribution in [0.3, 0.4) is 0 Å². The highest BCUT2D eigenvalue weighted by Gasteiger charge is 2.07. The van der Waals surface area contributed by atoms with E-state index in [0.29, 0.717) is 40.5 Å². The molecule has 0 fully saturated rings. The first-order valence-electron chi connectivity index (χ1n) is 9.94. The van der Waals surface area contributed by atoms with Crippen molar-refractivity contribution in [1.29, 1.82) is 0 Å². The molecule has 0 spiro atoms. The molecule has 0 amide bonds. The first-order chi connectivity index (χ1) is 15.4. The van der Waals surface area contributed by atoms with Crippen molar-refractivity contribution < 1.29 is 22.3 Å². The molecule has 0 atom stereocenters. The minimum Gasteiger partial charge on any atom is -0.497 e. The zero-order chi connectivity index (χ0) is 22.7. The molecule has 4 rings (SSSR count). The quantitative estimate of drug-likeness (QED) is 0.260. The van der Waals surface area contributed by atoms with Crippen molar-refractivity contribution in [2.24, 2.45) is 0 Å². The van der Waals surface area contributed by atoms with Crippen molar-refractivity contribution in [2.45, 2.75) is 12.8 Å². The largest absolute Gasteiger partial charge is 0.497 e. The van der Waals surface area contributed by atoms with Crippen LogP contribution in [-0.2, 0) is 12.8 Å². The number of benzene rings is 4. The third kappa shape index (κ3) is 4.76. The number of aryl methyl sites for hydroxylation is 2. The summed E-state index contributed by atoms with van der Waals surface area (Å²) < 4.78 is 60.4. The van der Waals surface area contributed by atoms with E-state index in [4.69, 9.17) is 4.74 Å². The van der Waals surface area contributed by atoms with E-state index in [1.807, 2.05) is 0 Å². The van der Waals surface area contributed by atoms with Gasteiger partial charge in [-0.25, -0.2) is 17.6 Å². The minimum absolute atomic E-state index is 0.217. The van der Waals surface area contributed by atoms with Gasteiger partial charge in [0.15, 0.2) is 11.6 Å². The van der Waals surface area contributed by atoms with Crippen LogP contribution in [0, 0.1) is 35.1 Å². The maximum absolute atomic E-state index is 14.5. The molecule has 1 nitrogen and oxygen atoms in total. The highest BCUT2D eigenvalue weighted by atomic mass is 19.2. The first kappa shape index (κ1) is 21.5. The van der Waals surface area contributed by atoms with Gasteiger partial charge in [-0.1, -0.05) is 30.0 Å². The monoisotopic (exact) mass is 434 g/mol. The second-order valence-corrected chi connectivity index (χ2v) is 7.35. The Morgan fingerprint density at radius 1 is 0.656 bits per heavy atom. The van der Waals surface area contributed by atoms with Crippen LogP contribution in [0.1, 0.15) is 22.3 Å². The highest BCUT2D eigenvalue weighted by Crippen LogP contribution is 2.21. The van der Waals surface area contributed by atoms with Gasteiger partial charge in [0.05, 0.1) is 12.7 Å². The van der Waals surface area contributed by atoms with Gasteiger partial charge in [-0.05, 0) is 77.2 Å². The van der Waals surface area contributed by atoms with Crippen LogP contribution in [0.4, 0.5) is 17.6 Å². The van der Waals surface area contributed by atoms with E-state index in [9.17, 15) is 17.6 Å². The van der Waals surface area contributed by atoms with Gasteiger partial charge in [-0.15, -0.1) is 0 Å². The van der Waals surface area contributed by atoms with Crippen LogP contribution in [0.2, 0.25) is 0 Å². The zero-order valence-electron chi connectivity index (χ0n) is 17.2. The third-order valence-electron chi connectivity index (χ3n) is 5.20. The van der Waals surface area contributed by atoms with Crippen molar-refractivity contribution in [2.75, 3.05) is 7.11 Å². The standard InChI is InChI=1S/C27H18F4O/c1-32-23-11-10-20(25(29)16-23)8-4-18-3-7-19(24(28)13-18)6-2-17-5-9-21-14-26(30)27(31)15-22(21)12-17/h3,5,7,9-16H,4,8H2,1H3. The van der Waals surface area contributed by atoms with E-state index in [1.54, 1.807) is 42.5 Å². The van der Waals surface area contributed by atoms with Crippen LogP contribution < -0.4 is 4.74 Å². The SMILES string of the molecule is COc1ccc(CCc2ccc(C#Cc3ccc4cc(F)c(F)cc4c3)c(F)c2)c(F)c1. The van der Waals surface area contributed by atoms with Gasteiger partial charge in [0, 0.05) is 11.6 Å². The third-order valence-corrected chi connectivity index (χ3v) is 5.20. The van der Waals surface area contributed by atoms with E-state index in [-0.39, 0.29) is 11.4 Å². The van der Waals surface area contributed by atoms with Crippen molar-refractivity contribution in [3.8, 4) is 17.6 Å². The number of ether oxygens (including phenoxy) is 1. The molecular formula is C27H18F4O. The molecule has 0 aliphatic carbocycles. The molecule has 0 unspecified atom stereocenters. The topological polar surface area (TPSA) is 9.23 Å². The minimum atomic E-state index is -0.932. The van der Waals surface area contributed by atoms with Crippen LogP contribution in [-0.4, -0.2) is 7.11 Å². The Bertz CT molecular complexity index is 1370. The first-order valence-corrected chi connectivity index (χ1v) is 9.94. The Hall–Kier alpha value is -3.78. The summed E-state index contributed by atoms with van der Waals surface area (Å²) in [5.74, 6) is 3.41. The molecular weight excluding hydrogens is 416 g/mol. The predicted molar refractivity (Wildman–Crippen MR) is 117 cm³/mol. The van der Waals surface area contributed by atoms with Gasteiger partial charge in [0.1, 0.15) is 17.4 Å². The summed E-state index contributed by atoms with van der Waals surface area (Å²) in [7, 11) is 1.47. The molecule has 4 aromatic carbocycles. The molecule has 160 valence electrons. The number of halogens is 4. The second kappa shape index (κ2) is 9.15. The fraction of sp³-hybridized carbons (Fsp3) is 0.111. The molecule has 0 heterocycles. The highest BCUT2D eigenvalue weighted by molar-refractivity contribution is 5.84. The molecule has 32 heavy (non-hydrogen) atoms. The fourth-order valence-electron chi connectivity index (χ4n) is 3.41. The summed E-state index contributed by atoms with van der Waals surface area (Å²) in [5.41, 5.74) is 2.03. The molecule has 0 aliphatic heterocycles. The number of hydrogen-bond acceptors (Lipinski definition) is 1. The van der Waals surface area contributed by atoms with E-state index in [1.165, 1.54) is 19.2 Å². The van der Waals surface area contributed by atoms with Gasteiger partial charge in [-0.2, -0.15) is 0 Å². The van der Waals surface area contributed by atoms with Crippen molar-refractivity contribution in [3.63, 3.8) is 0 Å². The number of fused-ring (bicyclic) bond motifs is 1. The lowest BCUT2D eigenvalue weighted by atomic mass is 10.0. The fourth-order valence-corrected chi connectivity index (χ4v) is 3.41. The van der Waals surface area contributed by atoms with Crippen LogP contribution in [0.25, 0.3) is 10.8 Å². The molecule has 0 aliphatic rings. The number of rotatable bonds is 4. The van der Waals surface area contributed by atoms with Gasteiger partial charge in [0.2, 0.25) is 0 Å². The van der Waals surface area contributed by atoms with Gasteiger partial charge < -0.3 is 4.74 Å². The molecule has 0 N–H and O–H groups in total. The summed E-state index contributed by atoms with van der Waals surface area (Å²) in [6.07, 6.45) is 0.898. The Kier molecular flexibility index (Phi) is 6.13. The normalized spacial score (nSPS) is 10.7. The van der Waals surface area contributed by atoms with E-state index in [0.717, 1.165) is 17.7 Å². The van der Waals surface area contributed by atoms with Gasteiger partial charge >= 0.3 is 0 Å². The maximum atomic E-state index is 14.5. The molecule has 0 saturated carbocycles. The molecule has 0 saturated heterocycles. The zero-order valence-corrected chi connectivity index (χ0v) is 17.2. The van der Waals surface area contributed by atoms with Gasteiger partial charge in [-0.3, -0.25) is 0 Å².